The Morgan fingerprint density at radius 1 is 0.289 bits per heavy atom. The molecule has 6 heteroatoms. The lowest BCUT2D eigenvalue weighted by molar-refractivity contribution is 0.267. The second-order valence-corrected chi connectivity index (χ2v) is 20.3. The average Bonchev–Trinajstić information content (AvgIpc) is 4.15. The molecule has 0 saturated carbocycles. The topological polar surface area (TPSA) is 99.4 Å². The van der Waals surface area contributed by atoms with Crippen molar-refractivity contribution in [2.45, 2.75) is 23.7 Å². The molecule has 0 aromatic heterocycles. The minimum Gasteiger partial charge on any atom is -0.508 e. The highest BCUT2D eigenvalue weighted by atomic mass is 16.5. The molecule has 2 aliphatic rings. The van der Waals surface area contributed by atoms with Crippen molar-refractivity contribution in [3.63, 3.8) is 0 Å². The lowest BCUT2D eigenvalue weighted by Gasteiger charge is -2.35. The molecule has 0 atom stereocenters. The molecule has 4 N–H and O–H groups in total. The van der Waals surface area contributed by atoms with E-state index in [1.807, 2.05) is 24.3 Å². The number of hydrogen-bond donors (Lipinski definition) is 4. The minimum atomic E-state index is -0.753. The molecule has 14 rings (SSSR count). The van der Waals surface area contributed by atoms with E-state index in [1.54, 1.807) is 48.5 Å². The number of aromatic hydroxyl groups is 4. The molecule has 0 fully saturated rings. The van der Waals surface area contributed by atoms with Gasteiger partial charge >= 0.3 is 0 Å². The molecule has 366 valence electrons. The Hall–Kier alpha value is -9.52. The van der Waals surface area contributed by atoms with Gasteiger partial charge in [0.1, 0.15) is 34.5 Å². The number of phenols is 4. The summed E-state index contributed by atoms with van der Waals surface area (Å²) >= 11 is 0. The number of unbranched alkanes of at least 4 members (excludes halogenated alkanes) is 1. The fraction of sp³-hybridized carbons (Fsp3) is 0.0857. The van der Waals surface area contributed by atoms with Crippen molar-refractivity contribution >= 4 is 43.1 Å². The third-order valence-corrected chi connectivity index (χ3v) is 16.2. The van der Waals surface area contributed by atoms with Crippen LogP contribution in [0.5, 0.6) is 34.5 Å². The predicted octanol–water partition coefficient (Wildman–Crippen LogP) is 16.1. The first-order chi connectivity index (χ1) is 37.3. The predicted molar refractivity (Wildman–Crippen MR) is 304 cm³/mol. The quantitative estimate of drug-likeness (QED) is 0.0964. The number of ether oxygens (including phenoxy) is 2. The average molecular weight is 987 g/mol. The number of phenolic OH excluding ortho intramolecular Hbond substituents is 4. The van der Waals surface area contributed by atoms with Gasteiger partial charge in [-0.3, -0.25) is 0 Å². The zero-order chi connectivity index (χ0) is 51.1. The van der Waals surface area contributed by atoms with Crippen molar-refractivity contribution in [2.24, 2.45) is 0 Å². The summed E-state index contributed by atoms with van der Waals surface area (Å²) in [6.07, 6.45) is 1.59. The first-order valence-electron chi connectivity index (χ1n) is 25.9. The van der Waals surface area contributed by atoms with Crippen molar-refractivity contribution in [3.8, 4) is 56.8 Å². The van der Waals surface area contributed by atoms with Crippen LogP contribution in [0.2, 0.25) is 0 Å². The smallest absolute Gasteiger partial charge is 0.123 e. The van der Waals surface area contributed by atoms with Gasteiger partial charge in [0.15, 0.2) is 0 Å². The Balaban J connectivity index is 0.733. The molecule has 76 heavy (non-hydrogen) atoms. The summed E-state index contributed by atoms with van der Waals surface area (Å²) in [6.45, 7) is 1.05. The Morgan fingerprint density at radius 3 is 1.05 bits per heavy atom. The molecule has 0 unspecified atom stereocenters. The molecule has 0 saturated heterocycles. The summed E-state index contributed by atoms with van der Waals surface area (Å²) in [6, 6.07) is 78.1. The van der Waals surface area contributed by atoms with Gasteiger partial charge in [-0.25, -0.2) is 0 Å². The Morgan fingerprint density at radius 2 is 0.658 bits per heavy atom. The van der Waals surface area contributed by atoms with Crippen LogP contribution in [-0.2, 0) is 10.8 Å². The maximum Gasteiger partial charge on any atom is 0.123 e. The summed E-state index contributed by atoms with van der Waals surface area (Å²) in [5, 5.41) is 51.1. The lowest BCUT2D eigenvalue weighted by atomic mass is 9.66. The van der Waals surface area contributed by atoms with Gasteiger partial charge in [-0.1, -0.05) is 146 Å². The maximum absolute atomic E-state index is 11.1. The number of fused-ring (bicyclic) bond motifs is 10. The van der Waals surface area contributed by atoms with E-state index in [4.69, 9.17) is 9.47 Å². The van der Waals surface area contributed by atoms with Gasteiger partial charge in [-0.2, -0.15) is 0 Å². The SMILES string of the molecule is Oc1ccc2c(O)ccc(C3(c4ccc5ccc(OCCCCOc6ccc7ccc(C8(c9ccc(O)c%10ccc(O)cc9%10)c9ccccc9-c9ccccc98)cc7c6)cc5c4)c4ccccc4-c4ccccc43)c2c1. The molecular weight excluding hydrogens is 937 g/mol. The second-order valence-electron chi connectivity index (χ2n) is 20.3. The fourth-order valence-corrected chi connectivity index (χ4v) is 13.0. The van der Waals surface area contributed by atoms with Crippen LogP contribution in [-0.4, -0.2) is 33.6 Å². The molecule has 0 bridgehead atoms. The molecule has 2 aliphatic carbocycles. The molecule has 12 aromatic carbocycles. The first kappa shape index (κ1) is 45.1. The largest absolute Gasteiger partial charge is 0.508 e. The third-order valence-electron chi connectivity index (χ3n) is 16.2. The van der Waals surface area contributed by atoms with Gasteiger partial charge in [0.05, 0.1) is 24.0 Å². The van der Waals surface area contributed by atoms with E-state index in [-0.39, 0.29) is 23.0 Å². The highest BCUT2D eigenvalue weighted by molar-refractivity contribution is 6.00. The van der Waals surface area contributed by atoms with Gasteiger partial charge in [0, 0.05) is 10.8 Å². The Labute approximate surface area is 439 Å². The number of benzene rings is 12. The van der Waals surface area contributed by atoms with Gasteiger partial charge < -0.3 is 29.9 Å². The van der Waals surface area contributed by atoms with Crippen LogP contribution in [0.1, 0.15) is 57.3 Å². The lowest BCUT2D eigenvalue weighted by Crippen LogP contribution is -2.29. The van der Waals surface area contributed by atoms with Gasteiger partial charge in [0.2, 0.25) is 0 Å². The molecule has 0 amide bonds. The highest BCUT2D eigenvalue weighted by Gasteiger charge is 2.48. The highest BCUT2D eigenvalue weighted by Crippen LogP contribution is 2.60. The van der Waals surface area contributed by atoms with Crippen molar-refractivity contribution in [2.75, 3.05) is 13.2 Å². The van der Waals surface area contributed by atoms with Crippen LogP contribution in [0.3, 0.4) is 0 Å². The van der Waals surface area contributed by atoms with Crippen LogP contribution in [0.15, 0.2) is 231 Å². The van der Waals surface area contributed by atoms with Crippen molar-refractivity contribution in [1.82, 2.24) is 0 Å². The fourth-order valence-electron chi connectivity index (χ4n) is 13.0. The van der Waals surface area contributed by atoms with E-state index in [1.165, 1.54) is 0 Å². The summed E-state index contributed by atoms with van der Waals surface area (Å²) in [4.78, 5) is 0. The maximum atomic E-state index is 11.1. The van der Waals surface area contributed by atoms with Crippen molar-refractivity contribution in [1.29, 1.82) is 0 Å². The monoisotopic (exact) mass is 986 g/mol. The molecule has 12 aromatic rings. The summed E-state index contributed by atoms with van der Waals surface area (Å²) in [5.74, 6) is 2.20. The van der Waals surface area contributed by atoms with Crippen LogP contribution in [0.4, 0.5) is 0 Å². The normalized spacial score (nSPS) is 13.6. The summed E-state index contributed by atoms with van der Waals surface area (Å²) < 4.78 is 12.9. The zero-order valence-electron chi connectivity index (χ0n) is 41.4. The minimum absolute atomic E-state index is 0.140. The van der Waals surface area contributed by atoms with Gasteiger partial charge in [0.25, 0.3) is 0 Å². The van der Waals surface area contributed by atoms with Gasteiger partial charge in [-0.15, -0.1) is 0 Å². The van der Waals surface area contributed by atoms with Gasteiger partial charge in [-0.05, 0) is 197 Å². The molecular formula is C70H50O6. The van der Waals surface area contributed by atoms with Crippen LogP contribution < -0.4 is 9.47 Å². The van der Waals surface area contributed by atoms with Crippen LogP contribution >= 0.6 is 0 Å². The van der Waals surface area contributed by atoms with E-state index in [0.29, 0.717) is 24.0 Å². The molecule has 6 nitrogen and oxygen atoms in total. The third kappa shape index (κ3) is 6.80. The van der Waals surface area contributed by atoms with E-state index < -0.39 is 10.8 Å². The summed E-state index contributed by atoms with van der Waals surface area (Å²) in [7, 11) is 0. The zero-order valence-corrected chi connectivity index (χ0v) is 41.4. The first-order valence-corrected chi connectivity index (χ1v) is 25.9. The summed E-state index contributed by atoms with van der Waals surface area (Å²) in [5.41, 5.74) is 11.8. The molecule has 0 spiro atoms. The van der Waals surface area contributed by atoms with E-state index in [0.717, 1.165) is 123 Å². The van der Waals surface area contributed by atoms with E-state index in [2.05, 4.69) is 158 Å². The standard InChI is InChI=1S/C70H50O6/c71-49-25-29-57-59(41-49)65(31-33-67(57)73)69(61-15-5-1-11-53(61)54-12-2-6-16-62(54)69)47-23-19-43-21-27-51(39-45(43)37-47)75-35-9-10-36-76-52-28-22-44-20-24-48(38-46(44)40-52)70(66-32-34-68(74)58-30-26-50(72)42-60(58)66)63-17-7-3-13-55(63)56-14-4-8-18-64(56)70/h1-8,11-34,37-42,71-74H,9-10,35-36H2. The molecule has 0 aliphatic heterocycles. The van der Waals surface area contributed by atoms with Crippen molar-refractivity contribution in [3.05, 3.63) is 275 Å². The number of rotatable bonds is 11. The van der Waals surface area contributed by atoms with E-state index >= 15 is 0 Å². The van der Waals surface area contributed by atoms with Crippen molar-refractivity contribution < 1.29 is 29.9 Å². The molecule has 0 heterocycles. The van der Waals surface area contributed by atoms with Crippen LogP contribution in [0.25, 0.3) is 65.3 Å². The Kier molecular flexibility index (Phi) is 10.4. The van der Waals surface area contributed by atoms with Crippen LogP contribution in [0, 0.1) is 0 Å². The Bertz CT molecular complexity index is 3960. The number of hydrogen-bond acceptors (Lipinski definition) is 6. The second kappa shape index (κ2) is 17.6. The molecule has 0 radical (unpaired) electrons. The van der Waals surface area contributed by atoms with E-state index in [9.17, 15) is 20.4 Å².